The van der Waals surface area contributed by atoms with Crippen LogP contribution in [0.15, 0.2) is 42.1 Å². The van der Waals surface area contributed by atoms with Gasteiger partial charge in [0.25, 0.3) is 0 Å². The molecule has 1 aromatic carbocycles. The van der Waals surface area contributed by atoms with Crippen molar-refractivity contribution in [2.75, 3.05) is 6.54 Å². The number of benzene rings is 1. The van der Waals surface area contributed by atoms with Gasteiger partial charge >= 0.3 is 5.97 Å². The zero-order chi connectivity index (χ0) is 15.1. The van der Waals surface area contributed by atoms with Crippen molar-refractivity contribution in [1.29, 1.82) is 0 Å². The van der Waals surface area contributed by atoms with E-state index < -0.39 is 5.97 Å². The number of ketones is 1. The molecule has 0 saturated carbocycles. The molecule has 0 atom stereocenters. The lowest BCUT2D eigenvalue weighted by atomic mass is 10.0. The van der Waals surface area contributed by atoms with Gasteiger partial charge < -0.3 is 10.4 Å². The van der Waals surface area contributed by atoms with E-state index in [9.17, 15) is 9.59 Å². The molecule has 4 nitrogen and oxygen atoms in total. The van der Waals surface area contributed by atoms with Gasteiger partial charge in [-0.2, -0.15) is 0 Å². The molecule has 0 aliphatic rings. The quantitative estimate of drug-likeness (QED) is 0.792. The average Bonchev–Trinajstić information content (AvgIpc) is 2.37. The molecule has 1 rings (SSSR count). The number of nitrogens with one attached hydrogen (secondary N) is 1. The lowest BCUT2D eigenvalue weighted by Crippen LogP contribution is -2.12. The highest BCUT2D eigenvalue weighted by Gasteiger charge is 2.12. The van der Waals surface area contributed by atoms with Gasteiger partial charge in [-0.05, 0) is 31.5 Å². The summed E-state index contributed by atoms with van der Waals surface area (Å²) in [7, 11) is 0. The second-order valence-electron chi connectivity index (χ2n) is 4.13. The molecule has 0 bridgehead atoms. The summed E-state index contributed by atoms with van der Waals surface area (Å²) in [6, 6.07) is 6.46. The van der Waals surface area contributed by atoms with Crippen molar-refractivity contribution in [1.82, 2.24) is 5.32 Å². The summed E-state index contributed by atoms with van der Waals surface area (Å²) in [4.78, 5) is 23.0. The van der Waals surface area contributed by atoms with Crippen LogP contribution in [-0.2, 0) is 9.59 Å². The highest BCUT2D eigenvalue weighted by molar-refractivity contribution is 6.31. The van der Waals surface area contributed by atoms with Gasteiger partial charge in [-0.25, -0.2) is 4.79 Å². The summed E-state index contributed by atoms with van der Waals surface area (Å²) < 4.78 is 0. The maximum Gasteiger partial charge on any atom is 0.329 e. The van der Waals surface area contributed by atoms with Gasteiger partial charge in [0.1, 0.15) is 0 Å². The number of carbonyl (C=O) groups excluding carboxylic acids is 1. The fourth-order valence-electron chi connectivity index (χ4n) is 1.65. The van der Waals surface area contributed by atoms with E-state index in [4.69, 9.17) is 16.7 Å². The molecule has 1 aromatic rings. The molecule has 0 aromatic heterocycles. The standard InChI is InChI=1S/C15H16ClNO3/c1-3-17-10(2)8-14(18)13(9-15(19)20)11-4-6-12(16)7-5-11/h4-9,17H,3H2,1-2H3,(H,19,20). The number of carboxylic acid groups (broad SMARTS) is 1. The van der Waals surface area contributed by atoms with E-state index in [0.29, 0.717) is 22.8 Å². The summed E-state index contributed by atoms with van der Waals surface area (Å²) in [5.74, 6) is -1.54. The van der Waals surface area contributed by atoms with Crippen molar-refractivity contribution in [2.45, 2.75) is 13.8 Å². The molecule has 0 spiro atoms. The molecule has 0 saturated heterocycles. The summed E-state index contributed by atoms with van der Waals surface area (Å²) in [6.07, 6.45) is 2.29. The third-order valence-corrected chi connectivity index (χ3v) is 2.74. The summed E-state index contributed by atoms with van der Waals surface area (Å²) in [6.45, 7) is 4.35. The third kappa shape index (κ3) is 4.90. The number of carbonyl (C=O) groups is 2. The number of allylic oxidation sites excluding steroid dienone is 3. The Morgan fingerprint density at radius 2 is 1.85 bits per heavy atom. The Hall–Kier alpha value is -2.07. The van der Waals surface area contributed by atoms with Crippen molar-refractivity contribution in [3.05, 3.63) is 52.7 Å². The normalized spacial score (nSPS) is 12.2. The highest BCUT2D eigenvalue weighted by atomic mass is 35.5. The van der Waals surface area contributed by atoms with E-state index in [1.807, 2.05) is 6.92 Å². The van der Waals surface area contributed by atoms with Crippen molar-refractivity contribution in [2.24, 2.45) is 0 Å². The van der Waals surface area contributed by atoms with Crippen LogP contribution in [0.1, 0.15) is 19.4 Å². The molecule has 0 unspecified atom stereocenters. The second-order valence-corrected chi connectivity index (χ2v) is 4.56. The van der Waals surface area contributed by atoms with Gasteiger partial charge in [0, 0.05) is 35.0 Å². The zero-order valence-electron chi connectivity index (χ0n) is 11.3. The topological polar surface area (TPSA) is 66.4 Å². The molecular formula is C15H16ClNO3. The van der Waals surface area contributed by atoms with Crippen molar-refractivity contribution in [3.8, 4) is 0 Å². The van der Waals surface area contributed by atoms with Crippen molar-refractivity contribution < 1.29 is 14.7 Å². The first-order valence-corrected chi connectivity index (χ1v) is 6.49. The van der Waals surface area contributed by atoms with Gasteiger partial charge in [-0.1, -0.05) is 23.7 Å². The van der Waals surface area contributed by atoms with Crippen molar-refractivity contribution >= 4 is 28.9 Å². The fourth-order valence-corrected chi connectivity index (χ4v) is 1.78. The molecule has 0 aliphatic carbocycles. The van der Waals surface area contributed by atoms with Gasteiger partial charge in [-0.3, -0.25) is 4.79 Å². The van der Waals surface area contributed by atoms with Crippen LogP contribution >= 0.6 is 11.6 Å². The van der Waals surface area contributed by atoms with Gasteiger partial charge in [0.15, 0.2) is 5.78 Å². The monoisotopic (exact) mass is 293 g/mol. The predicted octanol–water partition coefficient (Wildman–Crippen LogP) is 2.89. The fraction of sp³-hybridized carbons (Fsp3) is 0.200. The van der Waals surface area contributed by atoms with Crippen LogP contribution in [0.4, 0.5) is 0 Å². The van der Waals surface area contributed by atoms with E-state index in [-0.39, 0.29) is 11.4 Å². The lowest BCUT2D eigenvalue weighted by molar-refractivity contribution is -0.131. The predicted molar refractivity (Wildman–Crippen MR) is 79.5 cm³/mol. The second kappa shape index (κ2) is 7.50. The molecular weight excluding hydrogens is 278 g/mol. The van der Waals surface area contributed by atoms with E-state index in [2.05, 4.69) is 5.32 Å². The third-order valence-electron chi connectivity index (χ3n) is 2.49. The summed E-state index contributed by atoms with van der Waals surface area (Å²) >= 11 is 5.78. The number of carboxylic acids is 1. The zero-order valence-corrected chi connectivity index (χ0v) is 12.1. The maximum atomic E-state index is 12.2. The Morgan fingerprint density at radius 1 is 1.25 bits per heavy atom. The first kappa shape index (κ1) is 16.0. The first-order valence-electron chi connectivity index (χ1n) is 6.11. The molecule has 0 fully saturated rings. The van der Waals surface area contributed by atoms with Crippen LogP contribution in [0, 0.1) is 0 Å². The Bertz CT molecular complexity index is 559. The SMILES string of the molecule is CCNC(C)=CC(=O)C(=CC(=O)O)c1ccc(Cl)cc1. The van der Waals surface area contributed by atoms with Gasteiger partial charge in [0.05, 0.1) is 0 Å². The Balaban J connectivity index is 3.14. The largest absolute Gasteiger partial charge is 0.478 e. The molecule has 0 heterocycles. The molecule has 20 heavy (non-hydrogen) atoms. The highest BCUT2D eigenvalue weighted by Crippen LogP contribution is 2.19. The van der Waals surface area contributed by atoms with E-state index >= 15 is 0 Å². The molecule has 5 heteroatoms. The minimum Gasteiger partial charge on any atom is -0.478 e. The first-order chi connectivity index (χ1) is 9.43. The number of rotatable bonds is 6. The maximum absolute atomic E-state index is 12.2. The van der Waals surface area contributed by atoms with E-state index in [0.717, 1.165) is 6.08 Å². The lowest BCUT2D eigenvalue weighted by Gasteiger charge is -2.06. The number of halogens is 1. The Kier molecular flexibility index (Phi) is 6.00. The van der Waals surface area contributed by atoms with Crippen LogP contribution in [0.25, 0.3) is 5.57 Å². The number of aliphatic carboxylic acids is 1. The van der Waals surface area contributed by atoms with E-state index in [1.54, 1.807) is 31.2 Å². The Labute approximate surface area is 122 Å². The van der Waals surface area contributed by atoms with Crippen LogP contribution in [0.2, 0.25) is 5.02 Å². The average molecular weight is 294 g/mol. The van der Waals surface area contributed by atoms with Crippen LogP contribution < -0.4 is 5.32 Å². The molecule has 106 valence electrons. The molecule has 0 radical (unpaired) electrons. The minimum atomic E-state index is -1.17. The van der Waals surface area contributed by atoms with Crippen molar-refractivity contribution in [3.63, 3.8) is 0 Å². The molecule has 2 N–H and O–H groups in total. The smallest absolute Gasteiger partial charge is 0.329 e. The summed E-state index contributed by atoms with van der Waals surface area (Å²) in [5.41, 5.74) is 1.32. The van der Waals surface area contributed by atoms with Crippen LogP contribution in [0.5, 0.6) is 0 Å². The van der Waals surface area contributed by atoms with Crippen LogP contribution in [-0.4, -0.2) is 23.4 Å². The van der Waals surface area contributed by atoms with E-state index in [1.165, 1.54) is 6.08 Å². The number of hydrogen-bond donors (Lipinski definition) is 2. The molecule has 0 amide bonds. The number of hydrogen-bond acceptors (Lipinski definition) is 3. The van der Waals surface area contributed by atoms with Crippen LogP contribution in [0.3, 0.4) is 0 Å². The minimum absolute atomic E-state index is 0.117. The summed E-state index contributed by atoms with van der Waals surface area (Å²) in [5, 5.41) is 12.4. The molecule has 0 aliphatic heterocycles. The Morgan fingerprint density at radius 3 is 2.35 bits per heavy atom. The van der Waals surface area contributed by atoms with Gasteiger partial charge in [-0.15, -0.1) is 0 Å². The van der Waals surface area contributed by atoms with Gasteiger partial charge in [0.2, 0.25) is 0 Å².